The van der Waals surface area contributed by atoms with Gasteiger partial charge in [-0.3, -0.25) is 9.59 Å². The predicted octanol–water partition coefficient (Wildman–Crippen LogP) is 2.63. The normalized spacial score (nSPS) is 10.6. The Morgan fingerprint density at radius 3 is 2.59 bits per heavy atom. The van der Waals surface area contributed by atoms with Crippen LogP contribution in [0.1, 0.15) is 23.6 Å². The molecule has 0 aromatic heterocycles. The van der Waals surface area contributed by atoms with Gasteiger partial charge in [0.15, 0.2) is 11.5 Å². The molecule has 7 nitrogen and oxygen atoms in total. The molecule has 0 unspecified atom stereocenters. The number of ether oxygens (including phenoxy) is 1. The summed E-state index contributed by atoms with van der Waals surface area (Å²) in [6, 6.07) is 10.8. The monoisotopic (exact) mass is 433 g/mol. The number of halogens is 1. The predicted molar refractivity (Wildman–Crippen MR) is 106 cm³/mol. The van der Waals surface area contributed by atoms with E-state index in [1.165, 1.54) is 6.21 Å². The summed E-state index contributed by atoms with van der Waals surface area (Å²) in [5.41, 5.74) is 4.74. The smallest absolute Gasteiger partial charge is 0.329 e. The lowest BCUT2D eigenvalue weighted by atomic mass is 10.1. The Kier molecular flexibility index (Phi) is 7.36. The molecule has 0 saturated heterocycles. The zero-order valence-corrected chi connectivity index (χ0v) is 16.5. The maximum atomic E-state index is 11.8. The highest BCUT2D eigenvalue weighted by atomic mass is 79.9. The summed E-state index contributed by atoms with van der Waals surface area (Å²) in [5, 5.41) is 16.2. The highest BCUT2D eigenvalue weighted by Crippen LogP contribution is 2.34. The van der Waals surface area contributed by atoms with Gasteiger partial charge in [-0.05, 0) is 53.0 Å². The van der Waals surface area contributed by atoms with E-state index < -0.39 is 11.8 Å². The molecule has 142 valence electrons. The van der Waals surface area contributed by atoms with Crippen molar-refractivity contribution >= 4 is 34.0 Å². The Morgan fingerprint density at radius 1 is 1.22 bits per heavy atom. The summed E-state index contributed by atoms with van der Waals surface area (Å²) < 4.78 is 5.74. The molecule has 0 aliphatic carbocycles. The van der Waals surface area contributed by atoms with Crippen molar-refractivity contribution in [2.75, 3.05) is 6.61 Å². The van der Waals surface area contributed by atoms with Gasteiger partial charge in [-0.2, -0.15) is 5.10 Å². The van der Waals surface area contributed by atoms with Crippen molar-refractivity contribution in [2.45, 2.75) is 20.4 Å². The highest BCUT2D eigenvalue weighted by Gasteiger charge is 2.12. The van der Waals surface area contributed by atoms with Gasteiger partial charge in [-0.1, -0.05) is 29.8 Å². The van der Waals surface area contributed by atoms with Gasteiger partial charge >= 0.3 is 11.8 Å². The van der Waals surface area contributed by atoms with Crippen molar-refractivity contribution in [1.82, 2.24) is 10.7 Å². The average molecular weight is 434 g/mol. The Morgan fingerprint density at radius 2 is 1.93 bits per heavy atom. The second kappa shape index (κ2) is 9.72. The molecular weight excluding hydrogens is 414 g/mol. The van der Waals surface area contributed by atoms with Crippen molar-refractivity contribution in [2.24, 2.45) is 5.10 Å². The number of aryl methyl sites for hydroxylation is 1. The standard InChI is InChI=1S/C19H20BrN3O4/c1-3-27-16-9-14(8-15(20)17(16)24)11-22-23-19(26)18(25)21-10-13-6-4-12(2)5-7-13/h4-9,11,24H,3,10H2,1-2H3,(H,21,25)(H,23,26)/b22-11-. The fourth-order valence-electron chi connectivity index (χ4n) is 2.12. The molecule has 2 aromatic carbocycles. The SMILES string of the molecule is CCOc1cc(/C=N\NC(=O)C(=O)NCc2ccc(C)cc2)cc(Br)c1O. The van der Waals surface area contributed by atoms with Gasteiger partial charge in [0.05, 0.1) is 17.3 Å². The van der Waals surface area contributed by atoms with Gasteiger partial charge in [0.1, 0.15) is 0 Å². The van der Waals surface area contributed by atoms with Crippen molar-refractivity contribution in [3.8, 4) is 11.5 Å². The molecule has 0 heterocycles. The Labute approximate surface area is 165 Å². The first kappa shape index (κ1) is 20.4. The molecule has 0 aliphatic rings. The Hall–Kier alpha value is -2.87. The summed E-state index contributed by atoms with van der Waals surface area (Å²) in [6.45, 7) is 4.40. The molecule has 0 saturated carbocycles. The molecule has 2 rings (SSSR count). The lowest BCUT2D eigenvalue weighted by Gasteiger charge is -2.08. The third-order valence-corrected chi connectivity index (χ3v) is 4.11. The van der Waals surface area contributed by atoms with Crippen LogP contribution >= 0.6 is 15.9 Å². The summed E-state index contributed by atoms with van der Waals surface area (Å²) in [5.74, 6) is -1.39. The number of rotatable bonds is 6. The number of aromatic hydroxyl groups is 1. The molecule has 3 N–H and O–H groups in total. The number of nitrogens with zero attached hydrogens (tertiary/aromatic N) is 1. The molecule has 8 heteroatoms. The number of phenolic OH excluding ortho intramolecular Hbond substituents is 1. The molecule has 0 spiro atoms. The van der Waals surface area contributed by atoms with E-state index in [1.807, 2.05) is 31.2 Å². The van der Waals surface area contributed by atoms with Crippen LogP contribution in [0.3, 0.4) is 0 Å². The van der Waals surface area contributed by atoms with Crippen LogP contribution < -0.4 is 15.5 Å². The van der Waals surface area contributed by atoms with E-state index in [4.69, 9.17) is 4.74 Å². The minimum absolute atomic E-state index is 0.0199. The zero-order chi connectivity index (χ0) is 19.8. The molecule has 27 heavy (non-hydrogen) atoms. The third-order valence-electron chi connectivity index (χ3n) is 3.51. The first-order chi connectivity index (χ1) is 12.9. The van der Waals surface area contributed by atoms with E-state index in [0.717, 1.165) is 11.1 Å². The largest absolute Gasteiger partial charge is 0.503 e. The highest BCUT2D eigenvalue weighted by molar-refractivity contribution is 9.10. The van der Waals surface area contributed by atoms with Crippen LogP contribution in [-0.4, -0.2) is 29.7 Å². The van der Waals surface area contributed by atoms with Crippen LogP contribution in [0.25, 0.3) is 0 Å². The van der Waals surface area contributed by atoms with Crippen LogP contribution in [0.15, 0.2) is 46.0 Å². The topological polar surface area (TPSA) is 100 Å². The zero-order valence-electron chi connectivity index (χ0n) is 15.0. The molecule has 2 aromatic rings. The number of amides is 2. The fraction of sp³-hybridized carbons (Fsp3) is 0.211. The minimum atomic E-state index is -0.874. The summed E-state index contributed by atoms with van der Waals surface area (Å²) in [4.78, 5) is 23.6. The number of benzene rings is 2. The second-order valence-corrected chi connectivity index (χ2v) is 6.50. The van der Waals surface area contributed by atoms with Crippen LogP contribution in [-0.2, 0) is 16.1 Å². The summed E-state index contributed by atoms with van der Waals surface area (Å²) in [7, 11) is 0. The summed E-state index contributed by atoms with van der Waals surface area (Å²) in [6.07, 6.45) is 1.35. The van der Waals surface area contributed by atoms with E-state index in [9.17, 15) is 14.7 Å². The van der Waals surface area contributed by atoms with Gasteiger partial charge in [0.2, 0.25) is 0 Å². The molecule has 0 atom stereocenters. The number of phenols is 1. The number of carbonyl (C=O) groups is 2. The van der Waals surface area contributed by atoms with Crippen LogP contribution in [0.2, 0.25) is 0 Å². The third kappa shape index (κ3) is 6.10. The molecule has 0 fully saturated rings. The van der Waals surface area contributed by atoms with E-state index in [1.54, 1.807) is 19.1 Å². The molecular formula is C19H20BrN3O4. The van der Waals surface area contributed by atoms with Gasteiger partial charge in [-0.15, -0.1) is 0 Å². The van der Waals surface area contributed by atoms with E-state index in [2.05, 4.69) is 31.8 Å². The van der Waals surface area contributed by atoms with Crippen molar-refractivity contribution in [1.29, 1.82) is 0 Å². The van der Waals surface area contributed by atoms with E-state index >= 15 is 0 Å². The van der Waals surface area contributed by atoms with E-state index in [0.29, 0.717) is 16.6 Å². The summed E-state index contributed by atoms with van der Waals surface area (Å²) >= 11 is 3.21. The van der Waals surface area contributed by atoms with Gasteiger partial charge < -0.3 is 15.2 Å². The number of hydrogen-bond acceptors (Lipinski definition) is 5. The quantitative estimate of drug-likeness (QED) is 0.370. The lowest BCUT2D eigenvalue weighted by molar-refractivity contribution is -0.139. The fourth-order valence-corrected chi connectivity index (χ4v) is 2.58. The van der Waals surface area contributed by atoms with Crippen LogP contribution in [0.4, 0.5) is 0 Å². The molecule has 0 aliphatic heterocycles. The number of nitrogens with one attached hydrogen (secondary N) is 2. The molecule has 0 radical (unpaired) electrons. The van der Waals surface area contributed by atoms with Crippen LogP contribution in [0, 0.1) is 6.92 Å². The maximum Gasteiger partial charge on any atom is 0.329 e. The minimum Gasteiger partial charge on any atom is -0.503 e. The van der Waals surface area contributed by atoms with Gasteiger partial charge in [0.25, 0.3) is 0 Å². The Balaban J connectivity index is 1.90. The van der Waals surface area contributed by atoms with Crippen molar-refractivity contribution in [3.05, 3.63) is 57.6 Å². The van der Waals surface area contributed by atoms with Crippen molar-refractivity contribution in [3.63, 3.8) is 0 Å². The first-order valence-electron chi connectivity index (χ1n) is 8.22. The number of carbonyl (C=O) groups excluding carboxylic acids is 2. The second-order valence-electron chi connectivity index (χ2n) is 5.65. The van der Waals surface area contributed by atoms with E-state index in [-0.39, 0.29) is 18.0 Å². The molecule has 2 amide bonds. The maximum absolute atomic E-state index is 11.8. The number of hydrogen-bond donors (Lipinski definition) is 3. The van der Waals surface area contributed by atoms with Gasteiger partial charge in [0, 0.05) is 6.54 Å². The van der Waals surface area contributed by atoms with Crippen molar-refractivity contribution < 1.29 is 19.4 Å². The van der Waals surface area contributed by atoms with Crippen LogP contribution in [0.5, 0.6) is 11.5 Å². The average Bonchev–Trinajstić information content (AvgIpc) is 2.65. The number of hydrazone groups is 1. The first-order valence-corrected chi connectivity index (χ1v) is 9.02. The molecule has 0 bridgehead atoms. The lowest BCUT2D eigenvalue weighted by Crippen LogP contribution is -2.37. The Bertz CT molecular complexity index is 851. The van der Waals surface area contributed by atoms with Gasteiger partial charge in [-0.25, -0.2) is 5.43 Å².